The van der Waals surface area contributed by atoms with E-state index in [0.717, 1.165) is 21.4 Å². The quantitative estimate of drug-likeness (QED) is 0.682. The molecule has 0 fully saturated rings. The van der Waals surface area contributed by atoms with Crippen LogP contribution in [0.15, 0.2) is 53.4 Å². The first-order chi connectivity index (χ1) is 7.77. The lowest BCUT2D eigenvalue weighted by molar-refractivity contribution is 1.38. The third kappa shape index (κ3) is 2.94. The molecule has 0 atom stereocenters. The number of benzene rings is 2. The molecule has 0 N–H and O–H groups in total. The minimum Gasteiger partial charge on any atom is -0.121 e. The summed E-state index contributed by atoms with van der Waals surface area (Å²) in [6.45, 7) is 0. The molecule has 2 aromatic carbocycles. The Morgan fingerprint density at radius 2 is 1.44 bits per heavy atom. The van der Waals surface area contributed by atoms with Crippen molar-refractivity contribution in [2.75, 3.05) is 0 Å². The van der Waals surface area contributed by atoms with Gasteiger partial charge in [0.15, 0.2) is 0 Å². The van der Waals surface area contributed by atoms with E-state index in [9.17, 15) is 0 Å². The summed E-state index contributed by atoms with van der Waals surface area (Å²) in [5.41, 5.74) is 1.000. The minimum atomic E-state index is 0.732. The second-order valence-electron chi connectivity index (χ2n) is 3.30. The van der Waals surface area contributed by atoms with E-state index in [1.165, 1.54) is 4.90 Å². The van der Waals surface area contributed by atoms with Gasteiger partial charge in [-0.05, 0) is 29.8 Å². The van der Waals surface area contributed by atoms with Crippen LogP contribution in [0.5, 0.6) is 0 Å². The lowest BCUT2D eigenvalue weighted by atomic mass is 10.2. The zero-order valence-electron chi connectivity index (χ0n) is 8.49. The van der Waals surface area contributed by atoms with E-state index in [2.05, 4.69) is 12.1 Å². The van der Waals surface area contributed by atoms with E-state index in [4.69, 9.17) is 23.2 Å². The minimum absolute atomic E-state index is 0.732. The molecule has 0 aliphatic carbocycles. The maximum Gasteiger partial charge on any atom is 0.0461 e. The molecule has 0 radical (unpaired) electrons. The summed E-state index contributed by atoms with van der Waals surface area (Å²) in [5, 5.41) is 1.46. The Balaban J connectivity index is 2.11. The summed E-state index contributed by atoms with van der Waals surface area (Å²) in [6, 6.07) is 15.8. The van der Waals surface area contributed by atoms with Crippen molar-refractivity contribution in [3.8, 4) is 0 Å². The molecule has 0 saturated heterocycles. The second kappa shape index (κ2) is 5.62. The van der Waals surface area contributed by atoms with Gasteiger partial charge in [0.2, 0.25) is 0 Å². The topological polar surface area (TPSA) is 0 Å². The number of halogens is 2. The van der Waals surface area contributed by atoms with Gasteiger partial charge in [-0.1, -0.05) is 47.5 Å². The van der Waals surface area contributed by atoms with Crippen LogP contribution in [0.3, 0.4) is 0 Å². The van der Waals surface area contributed by atoms with Crippen LogP contribution in [0.25, 0.3) is 0 Å². The molecule has 0 heterocycles. The van der Waals surface area contributed by atoms with Crippen molar-refractivity contribution in [1.82, 2.24) is 0 Å². The van der Waals surface area contributed by atoms with E-state index in [1.807, 2.05) is 36.4 Å². The Labute approximate surface area is 110 Å². The molecule has 2 rings (SSSR count). The molecule has 2 aromatic rings. The standard InChI is InChI=1S/C13H10Cl2S/c14-12-7-4-8-13(15)11(12)9-16-10-5-2-1-3-6-10/h1-8H,9H2. The third-order valence-electron chi connectivity index (χ3n) is 2.19. The maximum atomic E-state index is 6.10. The summed E-state index contributed by atoms with van der Waals surface area (Å²) in [5.74, 6) is 0.794. The molecule has 0 aliphatic heterocycles. The number of hydrogen-bond acceptors (Lipinski definition) is 1. The Morgan fingerprint density at radius 3 is 2.06 bits per heavy atom. The lowest BCUT2D eigenvalue weighted by Gasteiger charge is -2.06. The third-order valence-corrected chi connectivity index (χ3v) is 3.93. The van der Waals surface area contributed by atoms with Gasteiger partial charge in [0.05, 0.1) is 0 Å². The first kappa shape index (κ1) is 11.8. The molecular formula is C13H10Cl2S. The zero-order valence-corrected chi connectivity index (χ0v) is 10.8. The molecule has 82 valence electrons. The molecule has 3 heteroatoms. The SMILES string of the molecule is Clc1cccc(Cl)c1CSc1ccccc1. The van der Waals surface area contributed by atoms with E-state index in [1.54, 1.807) is 11.8 Å². The predicted octanol–water partition coefficient (Wildman–Crippen LogP) is 5.29. The van der Waals surface area contributed by atoms with Crippen molar-refractivity contribution >= 4 is 35.0 Å². The molecular weight excluding hydrogens is 259 g/mol. The van der Waals surface area contributed by atoms with Crippen LogP contribution >= 0.6 is 35.0 Å². The highest BCUT2D eigenvalue weighted by Crippen LogP contribution is 2.31. The summed E-state index contributed by atoms with van der Waals surface area (Å²) in [7, 11) is 0. The monoisotopic (exact) mass is 268 g/mol. The molecule has 0 aliphatic rings. The van der Waals surface area contributed by atoms with Crippen molar-refractivity contribution in [3.05, 3.63) is 64.1 Å². The van der Waals surface area contributed by atoms with E-state index in [0.29, 0.717) is 0 Å². The molecule has 0 nitrogen and oxygen atoms in total. The Morgan fingerprint density at radius 1 is 0.812 bits per heavy atom. The number of hydrogen-bond donors (Lipinski definition) is 0. The summed E-state index contributed by atoms with van der Waals surface area (Å²) in [4.78, 5) is 1.22. The van der Waals surface area contributed by atoms with Crippen LogP contribution in [0.2, 0.25) is 10.0 Å². The Kier molecular flexibility index (Phi) is 4.16. The number of rotatable bonds is 3. The van der Waals surface area contributed by atoms with Crippen LogP contribution in [0.1, 0.15) is 5.56 Å². The normalized spacial score (nSPS) is 10.4. The van der Waals surface area contributed by atoms with Crippen molar-refractivity contribution < 1.29 is 0 Å². The Bertz CT molecular complexity index is 448. The van der Waals surface area contributed by atoms with Crippen LogP contribution in [0, 0.1) is 0 Å². The summed E-state index contributed by atoms with van der Waals surface area (Å²) in [6.07, 6.45) is 0. The van der Waals surface area contributed by atoms with Crippen molar-refractivity contribution in [1.29, 1.82) is 0 Å². The van der Waals surface area contributed by atoms with Gasteiger partial charge in [-0.2, -0.15) is 0 Å². The van der Waals surface area contributed by atoms with Gasteiger partial charge in [0.1, 0.15) is 0 Å². The van der Waals surface area contributed by atoms with Gasteiger partial charge in [0.25, 0.3) is 0 Å². The molecule has 0 amide bonds. The summed E-state index contributed by atoms with van der Waals surface area (Å²) < 4.78 is 0. The summed E-state index contributed by atoms with van der Waals surface area (Å²) >= 11 is 13.9. The molecule has 0 aromatic heterocycles. The fraction of sp³-hybridized carbons (Fsp3) is 0.0769. The van der Waals surface area contributed by atoms with Crippen LogP contribution in [-0.2, 0) is 5.75 Å². The number of thioether (sulfide) groups is 1. The fourth-order valence-corrected chi connectivity index (χ4v) is 3.00. The van der Waals surface area contributed by atoms with E-state index < -0.39 is 0 Å². The van der Waals surface area contributed by atoms with Gasteiger partial charge in [-0.25, -0.2) is 0 Å². The maximum absolute atomic E-state index is 6.10. The average molecular weight is 269 g/mol. The smallest absolute Gasteiger partial charge is 0.0461 e. The highest BCUT2D eigenvalue weighted by molar-refractivity contribution is 7.98. The van der Waals surface area contributed by atoms with Gasteiger partial charge in [0, 0.05) is 20.7 Å². The molecule has 0 unspecified atom stereocenters. The predicted molar refractivity (Wildman–Crippen MR) is 72.5 cm³/mol. The zero-order chi connectivity index (χ0) is 11.4. The molecule has 0 spiro atoms. The molecule has 16 heavy (non-hydrogen) atoms. The largest absolute Gasteiger partial charge is 0.121 e. The van der Waals surface area contributed by atoms with Gasteiger partial charge < -0.3 is 0 Å². The van der Waals surface area contributed by atoms with Crippen LogP contribution in [-0.4, -0.2) is 0 Å². The van der Waals surface area contributed by atoms with Gasteiger partial charge in [-0.15, -0.1) is 11.8 Å². The lowest BCUT2D eigenvalue weighted by Crippen LogP contribution is -1.84. The van der Waals surface area contributed by atoms with Crippen molar-refractivity contribution in [3.63, 3.8) is 0 Å². The molecule has 0 saturated carbocycles. The van der Waals surface area contributed by atoms with Crippen molar-refractivity contribution in [2.24, 2.45) is 0 Å². The first-order valence-corrected chi connectivity index (χ1v) is 6.62. The van der Waals surface area contributed by atoms with Crippen molar-refractivity contribution in [2.45, 2.75) is 10.6 Å². The first-order valence-electron chi connectivity index (χ1n) is 4.88. The highest BCUT2D eigenvalue weighted by atomic mass is 35.5. The van der Waals surface area contributed by atoms with Gasteiger partial charge in [-0.3, -0.25) is 0 Å². The van der Waals surface area contributed by atoms with Crippen LogP contribution < -0.4 is 0 Å². The molecule has 0 bridgehead atoms. The van der Waals surface area contributed by atoms with E-state index in [-0.39, 0.29) is 0 Å². The average Bonchev–Trinajstić information content (AvgIpc) is 2.30. The van der Waals surface area contributed by atoms with Crippen LogP contribution in [0.4, 0.5) is 0 Å². The highest BCUT2D eigenvalue weighted by Gasteiger charge is 2.05. The Hall–Kier alpha value is -0.630. The fourth-order valence-electron chi connectivity index (χ4n) is 1.34. The van der Waals surface area contributed by atoms with Gasteiger partial charge >= 0.3 is 0 Å². The second-order valence-corrected chi connectivity index (χ2v) is 5.17. The van der Waals surface area contributed by atoms with E-state index >= 15 is 0 Å².